The smallest absolute Gasteiger partial charge is 0.335 e. The van der Waals surface area contributed by atoms with Gasteiger partial charge in [-0.3, -0.25) is 0 Å². The van der Waals surface area contributed by atoms with Gasteiger partial charge >= 0.3 is 5.97 Å². The molecular weight excluding hydrogens is 703 g/mol. The maximum atomic E-state index is 13.4. The molecule has 5 aromatic carbocycles. The number of aromatic nitrogens is 1. The van der Waals surface area contributed by atoms with Crippen LogP contribution >= 0.6 is 34.8 Å². The van der Waals surface area contributed by atoms with Gasteiger partial charge in [0.15, 0.2) is 0 Å². The molecule has 250 valence electrons. The summed E-state index contributed by atoms with van der Waals surface area (Å²) in [6.07, 6.45) is 0.783. The van der Waals surface area contributed by atoms with Crippen molar-refractivity contribution in [3.05, 3.63) is 164 Å². The van der Waals surface area contributed by atoms with E-state index < -0.39 is 16.0 Å². The molecule has 0 radical (unpaired) electrons. The van der Waals surface area contributed by atoms with E-state index in [0.717, 1.165) is 33.3 Å². The number of hydrogen-bond acceptors (Lipinski definition) is 4. The third-order valence-electron chi connectivity index (χ3n) is 8.25. The van der Waals surface area contributed by atoms with E-state index >= 15 is 0 Å². The van der Waals surface area contributed by atoms with Gasteiger partial charge in [0.25, 0.3) is 0 Å². The van der Waals surface area contributed by atoms with Crippen molar-refractivity contribution < 1.29 is 23.1 Å². The Bertz CT molecular complexity index is 2170. The summed E-state index contributed by atoms with van der Waals surface area (Å²) in [5, 5.41) is 10.9. The second kappa shape index (κ2) is 15.1. The first-order valence-corrected chi connectivity index (χ1v) is 18.1. The molecule has 0 unspecified atom stereocenters. The molecule has 6 rings (SSSR count). The maximum Gasteiger partial charge on any atom is 0.335 e. The predicted octanol–water partition coefficient (Wildman–Crippen LogP) is 9.08. The molecule has 0 saturated heterocycles. The normalized spacial score (nSPS) is 11.7. The van der Waals surface area contributed by atoms with Crippen molar-refractivity contribution >= 4 is 61.7 Å². The van der Waals surface area contributed by atoms with Crippen LogP contribution in [0.5, 0.6) is 5.75 Å². The Morgan fingerprint density at radius 3 is 2.08 bits per heavy atom. The molecule has 0 fully saturated rings. The number of nitrogens with zero attached hydrogens (tertiary/aromatic N) is 1. The summed E-state index contributed by atoms with van der Waals surface area (Å²) < 4.78 is 37.9. The predicted molar refractivity (Wildman–Crippen MR) is 195 cm³/mol. The number of carboxylic acids is 1. The summed E-state index contributed by atoms with van der Waals surface area (Å²) in [4.78, 5) is 11.2. The second-order valence-electron chi connectivity index (χ2n) is 11.3. The van der Waals surface area contributed by atoms with E-state index in [4.69, 9.17) is 39.5 Å². The van der Waals surface area contributed by atoms with Gasteiger partial charge in [0.1, 0.15) is 10.6 Å². The highest BCUT2D eigenvalue weighted by molar-refractivity contribution is 7.89. The van der Waals surface area contributed by atoms with E-state index in [9.17, 15) is 18.3 Å². The number of fused-ring (bicyclic) bond motifs is 1. The number of rotatable bonds is 13. The van der Waals surface area contributed by atoms with Crippen LogP contribution in [-0.4, -0.2) is 37.2 Å². The van der Waals surface area contributed by atoms with Crippen molar-refractivity contribution in [2.75, 3.05) is 13.2 Å². The molecule has 2 N–H and O–H groups in total. The van der Waals surface area contributed by atoms with Crippen LogP contribution in [0, 0.1) is 0 Å². The largest absolute Gasteiger partial charge is 0.493 e. The Kier molecular flexibility index (Phi) is 10.6. The highest BCUT2D eigenvalue weighted by Gasteiger charge is 2.26. The van der Waals surface area contributed by atoms with Crippen LogP contribution in [0.2, 0.25) is 15.1 Å². The Morgan fingerprint density at radius 2 is 1.45 bits per heavy atom. The van der Waals surface area contributed by atoms with E-state index in [0.29, 0.717) is 23.6 Å². The number of benzene rings is 5. The number of aromatic carboxylic acids is 1. The lowest BCUT2D eigenvalue weighted by Crippen LogP contribution is -2.27. The number of hydrogen-bond donors (Lipinski definition) is 2. The van der Waals surface area contributed by atoms with Gasteiger partial charge < -0.3 is 14.4 Å². The fourth-order valence-corrected chi connectivity index (χ4v) is 8.01. The summed E-state index contributed by atoms with van der Waals surface area (Å²) in [5.74, 6) is -0.480. The van der Waals surface area contributed by atoms with Crippen molar-refractivity contribution in [2.24, 2.45) is 0 Å². The molecule has 0 saturated carbocycles. The van der Waals surface area contributed by atoms with Crippen LogP contribution in [0.25, 0.3) is 10.9 Å². The Morgan fingerprint density at radius 1 is 0.796 bits per heavy atom. The lowest BCUT2D eigenvalue weighted by Gasteiger charge is -2.25. The van der Waals surface area contributed by atoms with Gasteiger partial charge in [0, 0.05) is 41.0 Å². The molecule has 0 aliphatic carbocycles. The monoisotopic (exact) mass is 732 g/mol. The van der Waals surface area contributed by atoms with Crippen molar-refractivity contribution in [2.45, 2.75) is 23.8 Å². The summed E-state index contributed by atoms with van der Waals surface area (Å²) in [6, 6.07) is 36.5. The van der Waals surface area contributed by atoms with Gasteiger partial charge in [0.05, 0.1) is 28.3 Å². The summed E-state index contributed by atoms with van der Waals surface area (Å²) >= 11 is 19.0. The van der Waals surface area contributed by atoms with Crippen LogP contribution in [0.3, 0.4) is 0 Å². The van der Waals surface area contributed by atoms with Gasteiger partial charge in [-0.1, -0.05) is 102 Å². The quantitative estimate of drug-likeness (QED) is 0.123. The first kappa shape index (κ1) is 34.5. The molecule has 0 atom stereocenters. The first-order chi connectivity index (χ1) is 23.6. The van der Waals surface area contributed by atoms with E-state index in [-0.39, 0.29) is 39.7 Å². The number of halogens is 3. The van der Waals surface area contributed by atoms with Crippen molar-refractivity contribution in [3.8, 4) is 5.75 Å². The Balaban J connectivity index is 1.44. The van der Waals surface area contributed by atoms with Crippen molar-refractivity contribution in [3.63, 3.8) is 0 Å². The topological polar surface area (TPSA) is 97.6 Å². The summed E-state index contributed by atoms with van der Waals surface area (Å²) in [5.41, 5.74) is 5.06. The van der Waals surface area contributed by atoms with Crippen molar-refractivity contribution in [1.82, 2.24) is 9.29 Å². The summed E-state index contributed by atoms with van der Waals surface area (Å²) in [6.45, 7) is 0.340. The van der Waals surface area contributed by atoms with Crippen LogP contribution in [0.15, 0.2) is 126 Å². The van der Waals surface area contributed by atoms with Crippen LogP contribution in [-0.2, 0) is 22.9 Å². The Labute approximate surface area is 299 Å². The maximum absolute atomic E-state index is 13.4. The average molecular weight is 734 g/mol. The zero-order chi connectivity index (χ0) is 34.5. The number of ether oxygens (including phenoxy) is 1. The highest BCUT2D eigenvalue weighted by atomic mass is 35.5. The molecule has 0 aliphatic rings. The van der Waals surface area contributed by atoms with E-state index in [1.54, 1.807) is 18.2 Å². The minimum Gasteiger partial charge on any atom is -0.493 e. The van der Waals surface area contributed by atoms with Crippen LogP contribution in [0.1, 0.15) is 38.8 Å². The number of carboxylic acid groups (broad SMARTS) is 1. The third kappa shape index (κ3) is 7.64. The molecule has 0 bridgehead atoms. The van der Waals surface area contributed by atoms with E-state index in [1.165, 1.54) is 24.3 Å². The zero-order valence-corrected chi connectivity index (χ0v) is 29.1. The lowest BCUT2D eigenvalue weighted by molar-refractivity contribution is 0.0697. The van der Waals surface area contributed by atoms with Gasteiger partial charge in [-0.2, -0.15) is 0 Å². The third-order valence-corrected chi connectivity index (χ3v) is 10.9. The van der Waals surface area contributed by atoms with Crippen LogP contribution in [0.4, 0.5) is 0 Å². The van der Waals surface area contributed by atoms with E-state index in [1.807, 2.05) is 54.6 Å². The number of sulfonamides is 1. The molecule has 1 heterocycles. The zero-order valence-electron chi connectivity index (χ0n) is 26.0. The van der Waals surface area contributed by atoms with Crippen LogP contribution < -0.4 is 9.46 Å². The SMILES string of the molecule is O=C(O)c1ccc(OCCc2c(CCNS(=O)(=O)c3cccc(Cl)c3Cl)n(C(c3ccccc3)c3ccccc3)c3ccc(Cl)cc23)cc1. The lowest BCUT2D eigenvalue weighted by atomic mass is 9.97. The van der Waals surface area contributed by atoms with Gasteiger partial charge in [-0.15, -0.1) is 0 Å². The molecule has 6 aromatic rings. The van der Waals surface area contributed by atoms with Gasteiger partial charge in [-0.25, -0.2) is 17.9 Å². The minimum absolute atomic E-state index is 0.0390. The molecule has 0 amide bonds. The van der Waals surface area contributed by atoms with E-state index in [2.05, 4.69) is 33.6 Å². The fraction of sp³-hybridized carbons (Fsp3) is 0.132. The molecule has 0 spiro atoms. The van der Waals surface area contributed by atoms with Gasteiger partial charge in [0.2, 0.25) is 10.0 Å². The number of carbonyl (C=O) groups is 1. The highest BCUT2D eigenvalue weighted by Crippen LogP contribution is 2.38. The fourth-order valence-electron chi connectivity index (χ4n) is 6.05. The molecule has 11 heteroatoms. The second-order valence-corrected chi connectivity index (χ2v) is 14.3. The average Bonchev–Trinajstić information content (AvgIpc) is 3.38. The first-order valence-electron chi connectivity index (χ1n) is 15.4. The molecule has 49 heavy (non-hydrogen) atoms. The molecular formula is C38H31Cl3N2O5S. The van der Waals surface area contributed by atoms with Crippen molar-refractivity contribution in [1.29, 1.82) is 0 Å². The van der Waals surface area contributed by atoms with Gasteiger partial charge in [-0.05, 0) is 71.3 Å². The Hall–Kier alpha value is -4.31. The molecule has 0 aliphatic heterocycles. The molecule has 1 aromatic heterocycles. The minimum atomic E-state index is -4.00. The molecule has 7 nitrogen and oxygen atoms in total. The standard InChI is InChI=1S/C38H31Cl3N2O5S/c39-28-16-19-33-31(24-28)30(21-23-48-29-17-14-27(15-18-29)38(44)45)34(20-22-42-49(46,47)35-13-7-12-32(40)36(35)41)43(33)37(25-8-3-1-4-9-25)26-10-5-2-6-11-26/h1-19,24,37,42H,20-23H2,(H,44,45). The number of nitrogens with one attached hydrogen (secondary N) is 1. The summed E-state index contributed by atoms with van der Waals surface area (Å²) in [7, 11) is -4.00.